The van der Waals surface area contributed by atoms with Crippen LogP contribution in [0.25, 0.3) is 11.4 Å². The molecule has 2 aromatic heterocycles. The molecule has 1 aromatic carbocycles. The smallest absolute Gasteiger partial charge is 0.227 e. The number of aryl methyl sites for hydroxylation is 2. The van der Waals surface area contributed by atoms with Crippen molar-refractivity contribution in [1.82, 2.24) is 20.4 Å². The predicted octanol–water partition coefficient (Wildman–Crippen LogP) is 3.36. The zero-order valence-corrected chi connectivity index (χ0v) is 15.0. The molecule has 5 heteroatoms. The minimum atomic E-state index is 0.479. The minimum Gasteiger partial charge on any atom is -0.339 e. The summed E-state index contributed by atoms with van der Waals surface area (Å²) < 4.78 is 5.64. The number of nitrogens with zero attached hydrogens (tertiary/aromatic N) is 3. The summed E-state index contributed by atoms with van der Waals surface area (Å²) >= 11 is 0. The highest BCUT2D eigenvalue weighted by Gasteiger charge is 2.26. The van der Waals surface area contributed by atoms with Crippen LogP contribution in [0.1, 0.15) is 46.2 Å². The average Bonchev–Trinajstić information content (AvgIpc) is 3.30. The van der Waals surface area contributed by atoms with Crippen molar-refractivity contribution in [3.8, 4) is 11.4 Å². The van der Waals surface area contributed by atoms with Gasteiger partial charge in [0.05, 0.1) is 0 Å². The number of rotatable bonds is 3. The van der Waals surface area contributed by atoms with Crippen LogP contribution in [0.5, 0.6) is 0 Å². The topological polar surface area (TPSA) is 63.8 Å². The van der Waals surface area contributed by atoms with Gasteiger partial charge < -0.3 is 9.84 Å². The molecular weight excluding hydrogens is 324 g/mol. The second-order valence-electron chi connectivity index (χ2n) is 7.30. The van der Waals surface area contributed by atoms with E-state index in [1.807, 2.05) is 13.1 Å². The maximum Gasteiger partial charge on any atom is 0.227 e. The lowest BCUT2D eigenvalue weighted by molar-refractivity contribution is 0.369. The van der Waals surface area contributed by atoms with Crippen molar-refractivity contribution in [2.75, 3.05) is 6.54 Å². The molecule has 5 rings (SSSR count). The van der Waals surface area contributed by atoms with Crippen molar-refractivity contribution in [1.29, 1.82) is 0 Å². The summed E-state index contributed by atoms with van der Waals surface area (Å²) in [5, 5.41) is 7.70. The molecule has 1 N–H and O–H groups in total. The number of aromatic nitrogens is 3. The highest BCUT2D eigenvalue weighted by atomic mass is 16.5. The van der Waals surface area contributed by atoms with Crippen LogP contribution in [-0.4, -0.2) is 21.7 Å². The highest BCUT2D eigenvalue weighted by molar-refractivity contribution is 5.64. The molecule has 1 aliphatic heterocycles. The summed E-state index contributed by atoms with van der Waals surface area (Å²) in [5.41, 5.74) is 7.49. The molecule has 0 fully saturated rings. The molecule has 1 unspecified atom stereocenters. The number of hydrogen-bond donors (Lipinski definition) is 1. The molecule has 5 nitrogen and oxygen atoms in total. The van der Waals surface area contributed by atoms with Gasteiger partial charge in [0.2, 0.25) is 11.7 Å². The van der Waals surface area contributed by atoms with Gasteiger partial charge >= 0.3 is 0 Å². The fraction of sp³-hybridized carbons (Fsp3) is 0.381. The Labute approximate surface area is 152 Å². The number of benzene rings is 1. The van der Waals surface area contributed by atoms with Gasteiger partial charge in [0.25, 0.3) is 0 Å². The third kappa shape index (κ3) is 2.63. The fourth-order valence-electron chi connectivity index (χ4n) is 4.37. The summed E-state index contributed by atoms with van der Waals surface area (Å²) in [6.07, 6.45) is 6.06. The molecule has 0 saturated heterocycles. The van der Waals surface area contributed by atoms with E-state index >= 15 is 0 Å². The molecule has 26 heavy (non-hydrogen) atoms. The van der Waals surface area contributed by atoms with E-state index in [4.69, 9.17) is 9.51 Å². The van der Waals surface area contributed by atoms with E-state index in [1.54, 1.807) is 0 Å². The minimum absolute atomic E-state index is 0.479. The number of nitrogens with one attached hydrogen (secondary N) is 1. The van der Waals surface area contributed by atoms with Gasteiger partial charge in [-0.1, -0.05) is 29.4 Å². The number of fused-ring (bicyclic) bond motifs is 2. The van der Waals surface area contributed by atoms with Crippen molar-refractivity contribution in [3.63, 3.8) is 0 Å². The summed E-state index contributed by atoms with van der Waals surface area (Å²) in [4.78, 5) is 9.30. The Balaban J connectivity index is 1.45. The van der Waals surface area contributed by atoms with E-state index in [2.05, 4.69) is 39.7 Å². The first-order valence-corrected chi connectivity index (χ1v) is 9.38. The second kappa shape index (κ2) is 6.32. The summed E-state index contributed by atoms with van der Waals surface area (Å²) in [7, 11) is 0. The van der Waals surface area contributed by atoms with Crippen molar-refractivity contribution in [2.24, 2.45) is 0 Å². The normalized spacial score (nSPS) is 18.6. The molecular formula is C21H22N4O. The summed E-state index contributed by atoms with van der Waals surface area (Å²) in [6.45, 7) is 3.87. The van der Waals surface area contributed by atoms with E-state index in [-0.39, 0.29) is 0 Å². The predicted molar refractivity (Wildman–Crippen MR) is 98.9 cm³/mol. The van der Waals surface area contributed by atoms with Crippen molar-refractivity contribution in [3.05, 3.63) is 64.3 Å². The standard InChI is InChI=1S/C21H22N4O/c1-13-20(18-8-9-22-11-16(18)12-23-13)21-24-19(26-25-21)10-15-7-6-14-4-2-3-5-17(14)15/h2-5,12,15,22H,6-11H2,1H3. The molecule has 0 saturated carbocycles. The van der Waals surface area contributed by atoms with Gasteiger partial charge in [-0.3, -0.25) is 4.98 Å². The van der Waals surface area contributed by atoms with Gasteiger partial charge in [-0.15, -0.1) is 0 Å². The SMILES string of the molecule is Cc1ncc2c(c1-c1noc(CC3CCc4ccccc43)n1)CCNC2. The molecule has 0 bridgehead atoms. The Hall–Kier alpha value is -2.53. The first-order valence-electron chi connectivity index (χ1n) is 9.38. The lowest BCUT2D eigenvalue weighted by Gasteiger charge is -2.19. The zero-order valence-electron chi connectivity index (χ0n) is 15.0. The van der Waals surface area contributed by atoms with E-state index in [0.717, 1.165) is 55.9 Å². The van der Waals surface area contributed by atoms with Crippen molar-refractivity contribution in [2.45, 2.75) is 45.1 Å². The third-order valence-corrected chi connectivity index (χ3v) is 5.70. The van der Waals surface area contributed by atoms with Gasteiger partial charge in [0, 0.05) is 30.4 Å². The lowest BCUT2D eigenvalue weighted by atomic mass is 9.95. The van der Waals surface area contributed by atoms with Gasteiger partial charge in [-0.2, -0.15) is 4.98 Å². The highest BCUT2D eigenvalue weighted by Crippen LogP contribution is 2.35. The van der Waals surface area contributed by atoms with Gasteiger partial charge in [-0.05, 0) is 60.9 Å². The van der Waals surface area contributed by atoms with Crippen LogP contribution in [0.4, 0.5) is 0 Å². The Bertz CT molecular complexity index is 962. The van der Waals surface area contributed by atoms with Crippen LogP contribution in [0.2, 0.25) is 0 Å². The first-order chi connectivity index (χ1) is 12.8. The van der Waals surface area contributed by atoms with Crippen LogP contribution in [0.3, 0.4) is 0 Å². The van der Waals surface area contributed by atoms with E-state index < -0.39 is 0 Å². The van der Waals surface area contributed by atoms with Crippen molar-refractivity contribution >= 4 is 0 Å². The summed E-state index contributed by atoms with van der Waals surface area (Å²) in [6, 6.07) is 8.71. The third-order valence-electron chi connectivity index (χ3n) is 5.70. The first kappa shape index (κ1) is 15.7. The maximum absolute atomic E-state index is 5.64. The number of hydrogen-bond acceptors (Lipinski definition) is 5. The van der Waals surface area contributed by atoms with Crippen molar-refractivity contribution < 1.29 is 4.52 Å². The molecule has 1 atom stereocenters. The van der Waals surface area contributed by atoms with Gasteiger partial charge in [-0.25, -0.2) is 0 Å². The molecule has 0 radical (unpaired) electrons. The van der Waals surface area contributed by atoms with Crippen LogP contribution in [-0.2, 0) is 25.8 Å². The Morgan fingerprint density at radius 3 is 3.08 bits per heavy atom. The van der Waals surface area contributed by atoms with Crippen LogP contribution >= 0.6 is 0 Å². The Morgan fingerprint density at radius 2 is 2.12 bits per heavy atom. The van der Waals surface area contributed by atoms with Crippen LogP contribution < -0.4 is 5.32 Å². The van der Waals surface area contributed by atoms with E-state index in [0.29, 0.717) is 11.7 Å². The zero-order chi connectivity index (χ0) is 17.5. The molecule has 0 amide bonds. The maximum atomic E-state index is 5.64. The molecule has 2 aliphatic rings. The van der Waals surface area contributed by atoms with Gasteiger partial charge in [0.15, 0.2) is 0 Å². The Morgan fingerprint density at radius 1 is 1.19 bits per heavy atom. The molecule has 3 heterocycles. The average molecular weight is 346 g/mol. The quantitative estimate of drug-likeness (QED) is 0.788. The number of pyridine rings is 1. The van der Waals surface area contributed by atoms with E-state index in [1.165, 1.54) is 22.3 Å². The molecule has 0 spiro atoms. The van der Waals surface area contributed by atoms with Crippen LogP contribution in [0.15, 0.2) is 35.0 Å². The Kier molecular flexibility index (Phi) is 3.82. The summed E-state index contributed by atoms with van der Waals surface area (Å²) in [5.74, 6) is 1.90. The molecule has 3 aromatic rings. The molecule has 1 aliphatic carbocycles. The largest absolute Gasteiger partial charge is 0.339 e. The fourth-order valence-corrected chi connectivity index (χ4v) is 4.37. The monoisotopic (exact) mass is 346 g/mol. The lowest BCUT2D eigenvalue weighted by Crippen LogP contribution is -2.24. The van der Waals surface area contributed by atoms with E-state index in [9.17, 15) is 0 Å². The van der Waals surface area contributed by atoms with Gasteiger partial charge in [0.1, 0.15) is 0 Å². The van der Waals surface area contributed by atoms with Crippen LogP contribution in [0, 0.1) is 6.92 Å². The molecule has 132 valence electrons. The second-order valence-corrected chi connectivity index (χ2v) is 7.30.